The van der Waals surface area contributed by atoms with Crippen LogP contribution < -0.4 is 15.4 Å². The highest BCUT2D eigenvalue weighted by Crippen LogP contribution is 2.33. The quantitative estimate of drug-likeness (QED) is 0.416. The number of rotatable bonds is 5. The lowest BCUT2D eigenvalue weighted by molar-refractivity contribution is -0.731. The van der Waals surface area contributed by atoms with Crippen molar-refractivity contribution in [2.45, 2.75) is 25.3 Å². The standard InChI is InChI=1S/C25H22BrF3N2O2/c1-2-33-19-10-5-15(6-11-19)21-14-22(20-13-18(26)9-12-23(20)32)31-24(30-21)16-3-7-17(8-4-16)25(27,28)29/h3-14,22,24,30-32H,2H2,1H3/p+1. The van der Waals surface area contributed by atoms with E-state index < -0.39 is 11.7 Å². The molecular formula is C25H23BrF3N2O2+. The zero-order chi connectivity index (χ0) is 23.6. The number of phenolic OH excluding ortho intramolecular Hbond substituents is 1. The molecule has 0 aliphatic carbocycles. The van der Waals surface area contributed by atoms with E-state index in [-0.39, 0.29) is 18.0 Å². The summed E-state index contributed by atoms with van der Waals surface area (Å²) in [5.74, 6) is 0.902. The van der Waals surface area contributed by atoms with Crippen molar-refractivity contribution >= 4 is 21.6 Å². The maximum Gasteiger partial charge on any atom is 0.416 e. The molecule has 0 amide bonds. The highest BCUT2D eigenvalue weighted by atomic mass is 79.9. The maximum absolute atomic E-state index is 13.0. The van der Waals surface area contributed by atoms with Crippen molar-refractivity contribution in [1.82, 2.24) is 5.32 Å². The van der Waals surface area contributed by atoms with Gasteiger partial charge in [-0.25, -0.2) is 0 Å². The number of phenols is 1. The number of hydrogen-bond donors (Lipinski definition) is 3. The molecule has 4 rings (SSSR count). The van der Waals surface area contributed by atoms with Gasteiger partial charge in [-0.1, -0.05) is 28.1 Å². The summed E-state index contributed by atoms with van der Waals surface area (Å²) in [6.07, 6.45) is -2.75. The third kappa shape index (κ3) is 5.34. The smallest absolute Gasteiger partial charge is 0.416 e. The van der Waals surface area contributed by atoms with Crippen LogP contribution in [0.5, 0.6) is 11.5 Å². The van der Waals surface area contributed by atoms with Crippen molar-refractivity contribution < 1.29 is 28.3 Å². The van der Waals surface area contributed by atoms with Crippen LogP contribution in [-0.4, -0.2) is 11.7 Å². The number of aromatic hydroxyl groups is 1. The SMILES string of the molecule is CCOc1ccc(C2=CC(c3cc(Br)ccc3O)[NH2+]C(c3ccc(C(F)(F)F)cc3)N2)cc1. The van der Waals surface area contributed by atoms with Crippen LogP contribution in [0, 0.1) is 0 Å². The molecule has 0 aromatic heterocycles. The van der Waals surface area contributed by atoms with Crippen LogP contribution in [0.1, 0.15) is 41.4 Å². The minimum absolute atomic E-state index is 0.148. The molecule has 8 heteroatoms. The van der Waals surface area contributed by atoms with Crippen molar-refractivity contribution in [3.63, 3.8) is 0 Å². The minimum Gasteiger partial charge on any atom is -0.507 e. The average Bonchev–Trinajstić information content (AvgIpc) is 2.80. The lowest BCUT2D eigenvalue weighted by Gasteiger charge is -2.30. The molecule has 1 aliphatic rings. The van der Waals surface area contributed by atoms with Crippen LogP contribution in [0.2, 0.25) is 0 Å². The summed E-state index contributed by atoms with van der Waals surface area (Å²) in [6.45, 7) is 2.48. The Bertz CT molecular complexity index is 1150. The first-order valence-corrected chi connectivity index (χ1v) is 11.3. The largest absolute Gasteiger partial charge is 0.507 e. The van der Waals surface area contributed by atoms with E-state index in [2.05, 4.69) is 21.2 Å². The summed E-state index contributed by atoms with van der Waals surface area (Å²) in [5, 5.41) is 15.9. The van der Waals surface area contributed by atoms with E-state index in [4.69, 9.17) is 4.74 Å². The molecule has 0 radical (unpaired) electrons. The molecule has 0 spiro atoms. The number of ether oxygens (including phenoxy) is 1. The first-order valence-electron chi connectivity index (χ1n) is 10.5. The third-order valence-electron chi connectivity index (χ3n) is 5.48. The van der Waals surface area contributed by atoms with E-state index in [1.54, 1.807) is 12.1 Å². The van der Waals surface area contributed by atoms with E-state index in [1.165, 1.54) is 12.1 Å². The molecule has 0 bridgehead atoms. The molecule has 3 aromatic carbocycles. The van der Waals surface area contributed by atoms with E-state index in [0.29, 0.717) is 17.7 Å². The fourth-order valence-corrected chi connectivity index (χ4v) is 4.22. The Hall–Kier alpha value is -2.97. The van der Waals surface area contributed by atoms with E-state index in [0.717, 1.165) is 33.6 Å². The summed E-state index contributed by atoms with van der Waals surface area (Å²) in [6, 6.07) is 17.7. The highest BCUT2D eigenvalue weighted by molar-refractivity contribution is 9.10. The Morgan fingerprint density at radius 1 is 1.03 bits per heavy atom. The second-order valence-electron chi connectivity index (χ2n) is 7.70. The lowest BCUT2D eigenvalue weighted by atomic mass is 9.97. The Balaban J connectivity index is 1.71. The third-order valence-corrected chi connectivity index (χ3v) is 5.97. The summed E-state index contributed by atoms with van der Waals surface area (Å²) in [4.78, 5) is 0. The molecule has 0 saturated heterocycles. The lowest BCUT2D eigenvalue weighted by Crippen LogP contribution is -2.89. The maximum atomic E-state index is 13.0. The van der Waals surface area contributed by atoms with Gasteiger partial charge >= 0.3 is 6.18 Å². The predicted molar refractivity (Wildman–Crippen MR) is 123 cm³/mol. The van der Waals surface area contributed by atoms with Crippen LogP contribution in [0.4, 0.5) is 13.2 Å². The van der Waals surface area contributed by atoms with Crippen molar-refractivity contribution in [1.29, 1.82) is 0 Å². The topological polar surface area (TPSA) is 58.1 Å². The molecule has 0 fully saturated rings. The van der Waals surface area contributed by atoms with Gasteiger partial charge in [-0.15, -0.1) is 0 Å². The van der Waals surface area contributed by atoms with Crippen LogP contribution in [-0.2, 0) is 6.18 Å². The van der Waals surface area contributed by atoms with Crippen molar-refractivity contribution in [2.75, 3.05) is 6.61 Å². The fourth-order valence-electron chi connectivity index (χ4n) is 3.84. The van der Waals surface area contributed by atoms with E-state index in [9.17, 15) is 18.3 Å². The number of alkyl halides is 3. The van der Waals surface area contributed by atoms with Gasteiger partial charge < -0.3 is 20.5 Å². The van der Waals surface area contributed by atoms with Crippen LogP contribution in [0.15, 0.2) is 77.3 Å². The van der Waals surface area contributed by atoms with Crippen molar-refractivity contribution in [2.24, 2.45) is 0 Å². The molecule has 0 saturated carbocycles. The number of nitrogens with two attached hydrogens (primary N) is 1. The summed E-state index contributed by atoms with van der Waals surface area (Å²) >= 11 is 3.45. The zero-order valence-corrected chi connectivity index (χ0v) is 19.3. The first kappa shape index (κ1) is 23.2. The normalized spacial score (nSPS) is 18.4. The molecule has 1 aliphatic heterocycles. The number of benzene rings is 3. The second-order valence-corrected chi connectivity index (χ2v) is 8.62. The predicted octanol–water partition coefficient (Wildman–Crippen LogP) is 5.52. The second kappa shape index (κ2) is 9.49. The van der Waals surface area contributed by atoms with Gasteiger partial charge in [0, 0.05) is 21.8 Å². The Morgan fingerprint density at radius 3 is 2.36 bits per heavy atom. The van der Waals surface area contributed by atoms with Gasteiger partial charge in [-0.3, -0.25) is 0 Å². The summed E-state index contributed by atoms with van der Waals surface area (Å²) < 4.78 is 45.4. The van der Waals surface area contributed by atoms with Crippen LogP contribution in [0.25, 0.3) is 5.70 Å². The number of hydrogen-bond acceptors (Lipinski definition) is 3. The molecule has 4 nitrogen and oxygen atoms in total. The summed E-state index contributed by atoms with van der Waals surface area (Å²) in [5.41, 5.74) is 2.42. The van der Waals surface area contributed by atoms with Gasteiger partial charge in [0.25, 0.3) is 0 Å². The minimum atomic E-state index is -4.39. The number of nitrogens with one attached hydrogen (secondary N) is 1. The Labute approximate surface area is 198 Å². The number of quaternary nitrogens is 1. The highest BCUT2D eigenvalue weighted by Gasteiger charge is 2.32. The molecular weight excluding hydrogens is 497 g/mol. The molecule has 3 aromatic rings. The monoisotopic (exact) mass is 519 g/mol. The molecule has 4 N–H and O–H groups in total. The Morgan fingerprint density at radius 2 is 1.73 bits per heavy atom. The molecule has 33 heavy (non-hydrogen) atoms. The fraction of sp³-hybridized carbons (Fsp3) is 0.200. The van der Waals surface area contributed by atoms with Gasteiger partial charge in [0.15, 0.2) is 6.17 Å². The molecule has 2 unspecified atom stereocenters. The molecule has 2 atom stereocenters. The van der Waals surface area contributed by atoms with Gasteiger partial charge in [0.1, 0.15) is 17.5 Å². The molecule has 1 heterocycles. The first-order chi connectivity index (χ1) is 15.7. The zero-order valence-electron chi connectivity index (χ0n) is 17.7. The van der Waals surface area contributed by atoms with Crippen molar-refractivity contribution in [3.05, 3.63) is 99.5 Å². The van der Waals surface area contributed by atoms with E-state index >= 15 is 0 Å². The van der Waals surface area contributed by atoms with Gasteiger partial charge in [0.05, 0.1) is 17.7 Å². The average molecular weight is 520 g/mol. The number of halogens is 4. The van der Waals surface area contributed by atoms with Gasteiger partial charge in [-0.2, -0.15) is 13.2 Å². The van der Waals surface area contributed by atoms with Crippen molar-refractivity contribution in [3.8, 4) is 11.5 Å². The van der Waals surface area contributed by atoms with Gasteiger partial charge in [-0.05, 0) is 67.1 Å². The van der Waals surface area contributed by atoms with Crippen LogP contribution in [0.3, 0.4) is 0 Å². The Kier molecular flexibility index (Phi) is 6.67. The summed E-state index contributed by atoms with van der Waals surface area (Å²) in [7, 11) is 0. The van der Waals surface area contributed by atoms with Crippen LogP contribution >= 0.6 is 15.9 Å². The van der Waals surface area contributed by atoms with E-state index in [1.807, 2.05) is 48.6 Å². The molecule has 172 valence electrons. The van der Waals surface area contributed by atoms with Gasteiger partial charge in [0.2, 0.25) is 0 Å².